The van der Waals surface area contributed by atoms with E-state index in [1.807, 2.05) is 54.6 Å². The Morgan fingerprint density at radius 2 is 2.00 bits per heavy atom. The second kappa shape index (κ2) is 8.87. The van der Waals surface area contributed by atoms with Gasteiger partial charge in [0, 0.05) is 10.7 Å². The van der Waals surface area contributed by atoms with Crippen molar-refractivity contribution in [1.82, 2.24) is 4.98 Å². The summed E-state index contributed by atoms with van der Waals surface area (Å²) in [6.45, 7) is 2.75. The van der Waals surface area contributed by atoms with E-state index in [1.54, 1.807) is 11.3 Å². The van der Waals surface area contributed by atoms with Gasteiger partial charge in [-0.2, -0.15) is 0 Å². The molecule has 0 atom stereocenters. The first-order valence-corrected chi connectivity index (χ1v) is 10.1. The normalized spacial score (nSPS) is 11.7. The number of carboxylic acids is 1. The van der Waals surface area contributed by atoms with Gasteiger partial charge >= 0.3 is 0 Å². The number of thiazole rings is 1. The van der Waals surface area contributed by atoms with E-state index in [-0.39, 0.29) is 5.75 Å². The number of carbonyl (C=O) groups excluding carboxylic acids is 1. The van der Waals surface area contributed by atoms with Crippen molar-refractivity contribution in [3.05, 3.63) is 59.1 Å². The van der Waals surface area contributed by atoms with Gasteiger partial charge in [0.1, 0.15) is 10.8 Å². The van der Waals surface area contributed by atoms with Crippen LogP contribution in [-0.4, -0.2) is 23.3 Å². The number of para-hydroxylation sites is 1. The second-order valence-electron chi connectivity index (χ2n) is 5.57. The molecule has 3 rings (SSSR count). The van der Waals surface area contributed by atoms with Gasteiger partial charge < -0.3 is 14.6 Å². The molecule has 6 heteroatoms. The van der Waals surface area contributed by atoms with Crippen molar-refractivity contribution in [2.75, 3.05) is 12.4 Å². The lowest BCUT2D eigenvalue weighted by molar-refractivity contribution is -0.301. The number of rotatable bonds is 8. The van der Waals surface area contributed by atoms with E-state index in [2.05, 4.69) is 11.9 Å². The fraction of sp³-hybridized carbons (Fsp3) is 0.200. The number of hydrogen-bond acceptors (Lipinski definition) is 6. The van der Waals surface area contributed by atoms with Crippen molar-refractivity contribution < 1.29 is 14.6 Å². The van der Waals surface area contributed by atoms with Crippen molar-refractivity contribution in [1.29, 1.82) is 0 Å². The van der Waals surface area contributed by atoms with E-state index in [0.717, 1.165) is 37.9 Å². The summed E-state index contributed by atoms with van der Waals surface area (Å²) in [6.07, 6.45) is 2.91. The van der Waals surface area contributed by atoms with Gasteiger partial charge in [-0.25, -0.2) is 4.98 Å². The molecule has 0 unspecified atom stereocenters. The van der Waals surface area contributed by atoms with E-state index >= 15 is 0 Å². The highest BCUT2D eigenvalue weighted by atomic mass is 32.2. The molecule has 1 heterocycles. The number of carboxylic acid groups (broad SMARTS) is 1. The summed E-state index contributed by atoms with van der Waals surface area (Å²) in [5.41, 5.74) is 1.88. The Bertz CT molecular complexity index is 883. The van der Waals surface area contributed by atoms with Crippen LogP contribution in [0.4, 0.5) is 0 Å². The molecule has 0 fully saturated rings. The maximum atomic E-state index is 10.9. The lowest BCUT2D eigenvalue weighted by Crippen LogP contribution is -2.24. The van der Waals surface area contributed by atoms with Gasteiger partial charge in [0.2, 0.25) is 0 Å². The third-order valence-electron chi connectivity index (χ3n) is 3.50. The van der Waals surface area contributed by atoms with Crippen LogP contribution in [0.25, 0.3) is 21.2 Å². The van der Waals surface area contributed by atoms with Crippen LogP contribution < -0.4 is 9.84 Å². The van der Waals surface area contributed by atoms with Gasteiger partial charge in [0.05, 0.1) is 22.8 Å². The highest BCUT2D eigenvalue weighted by Gasteiger charge is 2.10. The zero-order valence-electron chi connectivity index (χ0n) is 14.3. The zero-order valence-corrected chi connectivity index (χ0v) is 15.9. The van der Waals surface area contributed by atoms with Crippen LogP contribution in [0.1, 0.15) is 23.9 Å². The number of fused-ring (bicyclic) bond motifs is 1. The summed E-state index contributed by atoms with van der Waals surface area (Å²) in [5, 5.41) is 11.7. The number of hydrogen-bond donors (Lipinski definition) is 0. The molecule has 134 valence electrons. The van der Waals surface area contributed by atoms with Crippen LogP contribution in [0.3, 0.4) is 0 Å². The number of thioether (sulfide) groups is 1. The Labute approximate surface area is 160 Å². The Morgan fingerprint density at radius 1 is 1.23 bits per heavy atom. The predicted molar refractivity (Wildman–Crippen MR) is 107 cm³/mol. The van der Waals surface area contributed by atoms with E-state index in [4.69, 9.17) is 4.74 Å². The van der Waals surface area contributed by atoms with Crippen LogP contribution in [0.2, 0.25) is 0 Å². The number of ether oxygens (including phenoxy) is 1. The molecule has 0 saturated carbocycles. The number of carbonyl (C=O) groups is 1. The Hall–Kier alpha value is -2.31. The van der Waals surface area contributed by atoms with E-state index in [1.165, 1.54) is 11.8 Å². The van der Waals surface area contributed by atoms with E-state index in [9.17, 15) is 9.90 Å². The predicted octanol–water partition coefficient (Wildman–Crippen LogP) is 4.07. The smallest absolute Gasteiger partial charge is 0.131 e. The van der Waals surface area contributed by atoms with Gasteiger partial charge in [-0.3, -0.25) is 0 Å². The summed E-state index contributed by atoms with van der Waals surface area (Å²) < 4.78 is 6.67. The standard InChI is InChI=1S/C20H19NO3S2/c1-2-11-24-15-9-7-14(8-10-15)12-18(25-13-19(22)23)20-21-16-5-3-4-6-17(16)26-20/h3-10,12H,2,11,13H2,1H3,(H,22,23)/p-1/b18-12-. The van der Waals surface area contributed by atoms with Gasteiger partial charge in [-0.1, -0.05) is 31.2 Å². The minimum Gasteiger partial charge on any atom is -0.549 e. The molecule has 4 nitrogen and oxygen atoms in total. The first-order chi connectivity index (χ1) is 12.7. The third-order valence-corrected chi connectivity index (χ3v) is 5.70. The van der Waals surface area contributed by atoms with Crippen LogP contribution in [-0.2, 0) is 4.79 Å². The summed E-state index contributed by atoms with van der Waals surface area (Å²) in [4.78, 5) is 16.4. The topological polar surface area (TPSA) is 62.2 Å². The summed E-state index contributed by atoms with van der Waals surface area (Å²) in [6, 6.07) is 15.6. The molecule has 1 aromatic heterocycles. The molecule has 0 radical (unpaired) electrons. The molecular formula is C20H18NO3S2-. The number of benzene rings is 2. The van der Waals surface area contributed by atoms with Crippen LogP contribution in [0.15, 0.2) is 48.5 Å². The molecule has 0 spiro atoms. The molecule has 0 bridgehead atoms. The van der Waals surface area contributed by atoms with Gasteiger partial charge in [0.25, 0.3) is 0 Å². The minimum absolute atomic E-state index is 0.112. The first-order valence-electron chi connectivity index (χ1n) is 8.29. The lowest BCUT2D eigenvalue weighted by atomic mass is 10.2. The average molecular weight is 385 g/mol. The third kappa shape index (κ3) is 4.86. The number of aliphatic carboxylic acids is 1. The van der Waals surface area contributed by atoms with Crippen molar-refractivity contribution in [2.45, 2.75) is 13.3 Å². The monoisotopic (exact) mass is 384 g/mol. The molecule has 0 saturated heterocycles. The van der Waals surface area contributed by atoms with E-state index < -0.39 is 5.97 Å². The Morgan fingerprint density at radius 3 is 2.69 bits per heavy atom. The van der Waals surface area contributed by atoms with Crippen molar-refractivity contribution in [2.24, 2.45) is 0 Å². The molecule has 2 aromatic carbocycles. The second-order valence-corrected chi connectivity index (χ2v) is 7.62. The lowest BCUT2D eigenvalue weighted by Gasteiger charge is -2.07. The van der Waals surface area contributed by atoms with Gasteiger partial charge in [0.15, 0.2) is 0 Å². The molecule has 0 aliphatic rings. The molecule has 0 N–H and O–H groups in total. The summed E-state index contributed by atoms with van der Waals surface area (Å²) in [5.74, 6) is -0.377. The zero-order chi connectivity index (χ0) is 18.4. The first kappa shape index (κ1) is 18.5. The maximum absolute atomic E-state index is 10.9. The number of aromatic nitrogens is 1. The van der Waals surface area contributed by atoms with Crippen molar-refractivity contribution >= 4 is 50.3 Å². The maximum Gasteiger partial charge on any atom is 0.131 e. The minimum atomic E-state index is -1.09. The van der Waals surface area contributed by atoms with Crippen LogP contribution >= 0.6 is 23.1 Å². The summed E-state index contributed by atoms with van der Waals surface area (Å²) >= 11 is 2.78. The molecular weight excluding hydrogens is 366 g/mol. The fourth-order valence-electron chi connectivity index (χ4n) is 2.31. The SMILES string of the molecule is CCCOc1ccc(/C=C(\SCC(=O)[O-])c2nc3ccccc3s2)cc1. The fourth-order valence-corrected chi connectivity index (χ4v) is 4.15. The number of nitrogens with zero attached hydrogens (tertiary/aromatic N) is 1. The Balaban J connectivity index is 1.89. The van der Waals surface area contributed by atoms with Crippen LogP contribution in [0.5, 0.6) is 5.75 Å². The largest absolute Gasteiger partial charge is 0.549 e. The quantitative estimate of drug-likeness (QED) is 0.586. The molecule has 3 aromatic rings. The average Bonchev–Trinajstić information content (AvgIpc) is 3.08. The molecule has 0 aliphatic heterocycles. The van der Waals surface area contributed by atoms with Gasteiger partial charge in [-0.15, -0.1) is 23.1 Å². The van der Waals surface area contributed by atoms with Crippen LogP contribution in [0, 0.1) is 0 Å². The van der Waals surface area contributed by atoms with E-state index in [0.29, 0.717) is 6.61 Å². The highest BCUT2D eigenvalue weighted by molar-refractivity contribution is 8.09. The molecule has 0 amide bonds. The molecule has 26 heavy (non-hydrogen) atoms. The molecule has 0 aliphatic carbocycles. The Kier molecular flexibility index (Phi) is 6.30. The highest BCUT2D eigenvalue weighted by Crippen LogP contribution is 2.35. The summed E-state index contributed by atoms with van der Waals surface area (Å²) in [7, 11) is 0. The van der Waals surface area contributed by atoms with Crippen molar-refractivity contribution in [3.63, 3.8) is 0 Å². The van der Waals surface area contributed by atoms with Crippen molar-refractivity contribution in [3.8, 4) is 5.75 Å². The van der Waals surface area contributed by atoms with Gasteiger partial charge in [-0.05, 0) is 42.3 Å².